The quantitative estimate of drug-likeness (QED) is 0.911. The van der Waals surface area contributed by atoms with Crippen molar-refractivity contribution in [3.63, 3.8) is 0 Å². The van der Waals surface area contributed by atoms with Gasteiger partial charge in [0, 0.05) is 43.0 Å². The summed E-state index contributed by atoms with van der Waals surface area (Å²) in [6.07, 6.45) is 2.60. The number of carbonyl (C=O) groups is 1. The molecule has 136 valence electrons. The monoisotopic (exact) mass is 353 g/mol. The van der Waals surface area contributed by atoms with Crippen LogP contribution in [-0.4, -0.2) is 54.7 Å². The number of amides is 1. The van der Waals surface area contributed by atoms with Gasteiger partial charge in [0.05, 0.1) is 19.8 Å². The number of fused-ring (bicyclic) bond motifs is 1. The van der Waals surface area contributed by atoms with Gasteiger partial charge in [0.25, 0.3) is 5.91 Å². The van der Waals surface area contributed by atoms with Gasteiger partial charge in [-0.05, 0) is 18.1 Å². The van der Waals surface area contributed by atoms with E-state index in [0.717, 1.165) is 19.5 Å². The third-order valence-electron chi connectivity index (χ3n) is 5.13. The van der Waals surface area contributed by atoms with E-state index in [1.165, 1.54) is 5.56 Å². The van der Waals surface area contributed by atoms with Crippen molar-refractivity contribution in [1.82, 2.24) is 15.2 Å². The number of morpholine rings is 1. The molecule has 2 aliphatic heterocycles. The van der Waals surface area contributed by atoms with Crippen molar-refractivity contribution < 1.29 is 14.3 Å². The standard InChI is InChI=1S/C20H23N3O3/c1-25-19-9-15(7-8-21-19)20(24)22-16-10-17-13-26-18(12-23(17)11-16)14-5-3-2-4-6-14/h2-9,16-18H,10-13H2,1H3,(H,22,24)/t16-,17+,18-/m1/s1. The van der Waals surface area contributed by atoms with Crippen LogP contribution in [0.25, 0.3) is 0 Å². The first kappa shape index (κ1) is 17.0. The molecule has 0 saturated carbocycles. The minimum Gasteiger partial charge on any atom is -0.481 e. The lowest BCUT2D eigenvalue weighted by Crippen LogP contribution is -2.43. The van der Waals surface area contributed by atoms with E-state index in [1.807, 2.05) is 18.2 Å². The predicted molar refractivity (Wildman–Crippen MR) is 97.2 cm³/mol. The zero-order valence-electron chi connectivity index (χ0n) is 14.8. The van der Waals surface area contributed by atoms with Crippen molar-refractivity contribution in [2.24, 2.45) is 0 Å². The van der Waals surface area contributed by atoms with Gasteiger partial charge in [-0.15, -0.1) is 0 Å². The lowest BCUT2D eigenvalue weighted by atomic mass is 10.1. The number of ether oxygens (including phenoxy) is 2. The number of rotatable bonds is 4. The molecular formula is C20H23N3O3. The smallest absolute Gasteiger partial charge is 0.251 e. The minimum absolute atomic E-state index is 0.0870. The molecule has 1 aromatic carbocycles. The van der Waals surface area contributed by atoms with Gasteiger partial charge in [-0.1, -0.05) is 30.3 Å². The molecular weight excluding hydrogens is 330 g/mol. The fourth-order valence-corrected chi connectivity index (χ4v) is 3.78. The van der Waals surface area contributed by atoms with Gasteiger partial charge in [0.1, 0.15) is 0 Å². The molecule has 1 aromatic heterocycles. The number of hydrogen-bond donors (Lipinski definition) is 1. The number of nitrogens with one attached hydrogen (secondary N) is 1. The molecule has 2 fully saturated rings. The Kier molecular flexibility index (Phi) is 4.86. The SMILES string of the molecule is COc1cc(C(=O)N[C@@H]2C[C@H]3CO[C@@H](c4ccccc4)CN3C2)ccn1. The van der Waals surface area contributed by atoms with Crippen molar-refractivity contribution >= 4 is 5.91 Å². The molecule has 26 heavy (non-hydrogen) atoms. The number of carbonyl (C=O) groups excluding carboxylic acids is 1. The molecule has 1 amide bonds. The number of aromatic nitrogens is 1. The molecule has 0 bridgehead atoms. The van der Waals surface area contributed by atoms with Gasteiger partial charge in [0.2, 0.25) is 5.88 Å². The Balaban J connectivity index is 1.37. The summed E-state index contributed by atoms with van der Waals surface area (Å²) in [6, 6.07) is 14.2. The number of methoxy groups -OCH3 is 1. The second-order valence-corrected chi connectivity index (χ2v) is 6.83. The lowest BCUT2D eigenvalue weighted by Gasteiger charge is -2.35. The summed E-state index contributed by atoms with van der Waals surface area (Å²) in [4.78, 5) is 19.0. The van der Waals surface area contributed by atoms with Crippen molar-refractivity contribution in [3.05, 3.63) is 59.8 Å². The maximum atomic E-state index is 12.5. The third kappa shape index (κ3) is 3.57. The van der Waals surface area contributed by atoms with E-state index >= 15 is 0 Å². The van der Waals surface area contributed by atoms with Crippen LogP contribution in [0.2, 0.25) is 0 Å². The summed E-state index contributed by atoms with van der Waals surface area (Å²) in [5.74, 6) is 0.358. The highest BCUT2D eigenvalue weighted by atomic mass is 16.5. The number of benzene rings is 1. The van der Waals surface area contributed by atoms with Crippen molar-refractivity contribution in [2.75, 3.05) is 26.8 Å². The van der Waals surface area contributed by atoms with Gasteiger partial charge in [0.15, 0.2) is 0 Å². The van der Waals surface area contributed by atoms with Crippen LogP contribution >= 0.6 is 0 Å². The van der Waals surface area contributed by atoms with E-state index in [-0.39, 0.29) is 18.1 Å². The minimum atomic E-state index is -0.0870. The van der Waals surface area contributed by atoms with Crippen LogP contribution in [0.5, 0.6) is 5.88 Å². The molecule has 1 N–H and O–H groups in total. The predicted octanol–water partition coefficient (Wildman–Crippen LogP) is 2.03. The van der Waals surface area contributed by atoms with Crippen LogP contribution in [0.15, 0.2) is 48.7 Å². The Morgan fingerprint density at radius 2 is 2.12 bits per heavy atom. The second-order valence-electron chi connectivity index (χ2n) is 6.83. The molecule has 3 atom stereocenters. The van der Waals surface area contributed by atoms with E-state index in [9.17, 15) is 4.79 Å². The first-order valence-corrected chi connectivity index (χ1v) is 8.94. The largest absolute Gasteiger partial charge is 0.481 e. The molecule has 0 unspecified atom stereocenters. The van der Waals surface area contributed by atoms with Crippen LogP contribution in [-0.2, 0) is 4.74 Å². The van der Waals surface area contributed by atoms with Gasteiger partial charge in [-0.25, -0.2) is 4.98 Å². The van der Waals surface area contributed by atoms with Gasteiger partial charge in [-0.2, -0.15) is 0 Å². The Hall–Kier alpha value is -2.44. The fourth-order valence-electron chi connectivity index (χ4n) is 3.78. The van der Waals surface area contributed by atoms with Gasteiger partial charge in [-0.3, -0.25) is 9.69 Å². The maximum absolute atomic E-state index is 12.5. The molecule has 0 spiro atoms. The highest BCUT2D eigenvalue weighted by Crippen LogP contribution is 2.30. The van der Waals surface area contributed by atoms with Crippen LogP contribution < -0.4 is 10.1 Å². The zero-order chi connectivity index (χ0) is 17.9. The Labute approximate surface area is 153 Å². The topological polar surface area (TPSA) is 63.7 Å². The average Bonchev–Trinajstić information content (AvgIpc) is 3.10. The molecule has 2 aliphatic rings. The number of nitrogens with zero attached hydrogens (tertiary/aromatic N) is 2. The number of pyridine rings is 1. The van der Waals surface area contributed by atoms with Crippen LogP contribution in [0.4, 0.5) is 0 Å². The van der Waals surface area contributed by atoms with E-state index in [2.05, 4.69) is 27.3 Å². The normalized spacial score (nSPS) is 25.5. The maximum Gasteiger partial charge on any atom is 0.251 e. The second kappa shape index (κ2) is 7.43. The summed E-state index contributed by atoms with van der Waals surface area (Å²) in [7, 11) is 1.54. The molecule has 0 radical (unpaired) electrons. The van der Waals surface area contributed by atoms with Gasteiger partial charge < -0.3 is 14.8 Å². The molecule has 0 aliphatic carbocycles. The summed E-state index contributed by atoms with van der Waals surface area (Å²) >= 11 is 0. The van der Waals surface area contributed by atoms with E-state index < -0.39 is 0 Å². The highest BCUT2D eigenvalue weighted by molar-refractivity contribution is 5.94. The van der Waals surface area contributed by atoms with E-state index in [4.69, 9.17) is 9.47 Å². The summed E-state index contributed by atoms with van der Waals surface area (Å²) in [5, 5.41) is 3.14. The third-order valence-corrected chi connectivity index (χ3v) is 5.13. The molecule has 2 aromatic rings. The summed E-state index contributed by atoms with van der Waals surface area (Å²) < 4.78 is 11.2. The van der Waals surface area contributed by atoms with Crippen LogP contribution in [0.1, 0.15) is 28.4 Å². The molecule has 3 heterocycles. The van der Waals surface area contributed by atoms with Crippen LogP contribution in [0, 0.1) is 0 Å². The molecule has 6 nitrogen and oxygen atoms in total. The molecule has 4 rings (SSSR count). The zero-order valence-corrected chi connectivity index (χ0v) is 14.8. The van der Waals surface area contributed by atoms with E-state index in [1.54, 1.807) is 25.4 Å². The summed E-state index contributed by atoms with van der Waals surface area (Å²) in [6.45, 7) is 2.42. The average molecular weight is 353 g/mol. The lowest BCUT2D eigenvalue weighted by molar-refractivity contribution is -0.0502. The van der Waals surface area contributed by atoms with Crippen molar-refractivity contribution in [1.29, 1.82) is 0 Å². The highest BCUT2D eigenvalue weighted by Gasteiger charge is 2.38. The van der Waals surface area contributed by atoms with E-state index in [0.29, 0.717) is 24.1 Å². The van der Waals surface area contributed by atoms with Gasteiger partial charge >= 0.3 is 0 Å². The van der Waals surface area contributed by atoms with Crippen molar-refractivity contribution in [2.45, 2.75) is 24.6 Å². The number of hydrogen-bond acceptors (Lipinski definition) is 5. The molecule has 2 saturated heterocycles. The Bertz CT molecular complexity index is 768. The Morgan fingerprint density at radius 1 is 1.27 bits per heavy atom. The first-order chi connectivity index (χ1) is 12.7. The Morgan fingerprint density at radius 3 is 2.92 bits per heavy atom. The fraction of sp³-hybridized carbons (Fsp3) is 0.400. The molecule has 6 heteroatoms. The first-order valence-electron chi connectivity index (χ1n) is 8.94. The van der Waals surface area contributed by atoms with Crippen LogP contribution in [0.3, 0.4) is 0 Å². The summed E-state index contributed by atoms with van der Waals surface area (Å²) in [5.41, 5.74) is 1.78. The van der Waals surface area contributed by atoms with Crippen molar-refractivity contribution in [3.8, 4) is 5.88 Å².